The van der Waals surface area contributed by atoms with Crippen LogP contribution < -0.4 is 0 Å². The maximum absolute atomic E-state index is 8.52. The van der Waals surface area contributed by atoms with E-state index >= 15 is 0 Å². The number of aliphatic hydroxyl groups is 1. The Morgan fingerprint density at radius 3 is 1.36 bits per heavy atom. The molecular formula is C19H43O6PS2. The van der Waals surface area contributed by atoms with Gasteiger partial charge in [0.05, 0.1) is 39.6 Å². The number of unbranched alkanes of at least 4 members (excludes halogenated alkanes) is 10. The van der Waals surface area contributed by atoms with Crippen molar-refractivity contribution in [3.8, 4) is 0 Å². The van der Waals surface area contributed by atoms with Crippen molar-refractivity contribution in [2.75, 3.05) is 46.2 Å². The van der Waals surface area contributed by atoms with Gasteiger partial charge in [0.1, 0.15) is 0 Å². The van der Waals surface area contributed by atoms with Gasteiger partial charge in [0.2, 0.25) is 5.69 Å². The van der Waals surface area contributed by atoms with Gasteiger partial charge in [-0.05, 0) is 18.2 Å². The highest BCUT2D eigenvalue weighted by Crippen LogP contribution is 2.39. The van der Waals surface area contributed by atoms with Crippen molar-refractivity contribution in [1.82, 2.24) is 0 Å². The first-order valence-corrected chi connectivity index (χ1v) is 14.4. The van der Waals surface area contributed by atoms with E-state index in [4.69, 9.17) is 29.1 Å². The average Bonchev–Trinajstić information content (AvgIpc) is 2.62. The molecule has 28 heavy (non-hydrogen) atoms. The molecule has 0 spiro atoms. The summed E-state index contributed by atoms with van der Waals surface area (Å²) in [5.74, 6) is 0. The SMILES string of the molecule is CCCCCCCCCCCCCOCCOCCOCCO.OP(O)(=S)S. The molecule has 0 atom stereocenters. The summed E-state index contributed by atoms with van der Waals surface area (Å²) in [6, 6.07) is 0. The Balaban J connectivity index is 0. The highest BCUT2D eigenvalue weighted by atomic mass is 32.9. The van der Waals surface area contributed by atoms with Crippen molar-refractivity contribution in [1.29, 1.82) is 0 Å². The fourth-order valence-corrected chi connectivity index (χ4v) is 2.47. The van der Waals surface area contributed by atoms with Crippen LogP contribution >= 0.6 is 17.9 Å². The molecule has 0 saturated heterocycles. The van der Waals surface area contributed by atoms with Crippen LogP contribution in [0, 0.1) is 0 Å². The number of ether oxygens (including phenoxy) is 3. The maximum atomic E-state index is 8.52. The van der Waals surface area contributed by atoms with Crippen LogP contribution in [0.4, 0.5) is 0 Å². The third-order valence-electron chi connectivity index (χ3n) is 3.87. The van der Waals surface area contributed by atoms with Crippen molar-refractivity contribution < 1.29 is 29.1 Å². The molecule has 0 aliphatic rings. The van der Waals surface area contributed by atoms with Crippen LogP contribution in [-0.4, -0.2) is 61.1 Å². The second kappa shape index (κ2) is 25.8. The van der Waals surface area contributed by atoms with Gasteiger partial charge < -0.3 is 29.1 Å². The standard InChI is InChI=1S/C19H40O4.H3O2PS2/c1-2-3-4-5-6-7-8-9-10-11-12-14-21-16-18-23-19-17-22-15-13-20;1-3(2,4)5/h20H,2-19H2,1H3;(H3,1,2,4,5). The van der Waals surface area contributed by atoms with Crippen molar-refractivity contribution >= 4 is 29.7 Å². The third-order valence-corrected chi connectivity index (χ3v) is 3.87. The molecular weight excluding hydrogens is 419 g/mol. The predicted molar refractivity (Wildman–Crippen MR) is 124 cm³/mol. The van der Waals surface area contributed by atoms with E-state index in [-0.39, 0.29) is 6.61 Å². The van der Waals surface area contributed by atoms with Crippen LogP contribution in [-0.2, 0) is 26.0 Å². The Hall–Kier alpha value is 0.760. The van der Waals surface area contributed by atoms with E-state index in [1.807, 2.05) is 0 Å². The van der Waals surface area contributed by atoms with Crippen molar-refractivity contribution in [3.63, 3.8) is 0 Å². The molecule has 0 aromatic heterocycles. The lowest BCUT2D eigenvalue weighted by molar-refractivity contribution is 0.00719. The molecule has 0 unspecified atom stereocenters. The molecule has 0 radical (unpaired) electrons. The summed E-state index contributed by atoms with van der Waals surface area (Å²) in [7, 11) is 0. The van der Waals surface area contributed by atoms with Gasteiger partial charge in [-0.25, -0.2) is 0 Å². The Morgan fingerprint density at radius 2 is 0.964 bits per heavy atom. The summed E-state index contributed by atoms with van der Waals surface area (Å²) in [6.07, 6.45) is 15.0. The van der Waals surface area contributed by atoms with E-state index in [2.05, 4.69) is 31.0 Å². The van der Waals surface area contributed by atoms with Crippen LogP contribution in [0.5, 0.6) is 0 Å². The van der Waals surface area contributed by atoms with Gasteiger partial charge in [-0.3, -0.25) is 0 Å². The molecule has 0 aromatic rings. The second-order valence-electron chi connectivity index (χ2n) is 6.61. The largest absolute Gasteiger partial charge is 0.394 e. The van der Waals surface area contributed by atoms with Crippen LogP contribution in [0.3, 0.4) is 0 Å². The van der Waals surface area contributed by atoms with Gasteiger partial charge in [0, 0.05) is 6.61 Å². The molecule has 0 amide bonds. The van der Waals surface area contributed by atoms with Gasteiger partial charge in [-0.1, -0.05) is 83.4 Å². The number of aliphatic hydroxyl groups excluding tert-OH is 1. The fraction of sp³-hybridized carbons (Fsp3) is 1.00. The lowest BCUT2D eigenvalue weighted by Gasteiger charge is -2.06. The smallest absolute Gasteiger partial charge is 0.239 e. The molecule has 3 N–H and O–H groups in total. The molecule has 0 heterocycles. The number of rotatable bonds is 20. The fourth-order valence-electron chi connectivity index (χ4n) is 2.47. The lowest BCUT2D eigenvalue weighted by Crippen LogP contribution is -2.11. The van der Waals surface area contributed by atoms with E-state index in [0.717, 1.165) is 13.0 Å². The first-order valence-electron chi connectivity index (χ1n) is 10.5. The minimum atomic E-state index is -3.11. The Kier molecular flexibility index (Phi) is 28.5. The summed E-state index contributed by atoms with van der Waals surface area (Å²) >= 11 is 7.07. The van der Waals surface area contributed by atoms with E-state index < -0.39 is 5.69 Å². The predicted octanol–water partition coefficient (Wildman–Crippen LogP) is 4.46. The van der Waals surface area contributed by atoms with Crippen molar-refractivity contribution in [2.45, 2.75) is 77.6 Å². The van der Waals surface area contributed by atoms with Crippen LogP contribution in [0.15, 0.2) is 0 Å². The van der Waals surface area contributed by atoms with E-state index in [1.54, 1.807) is 0 Å². The summed E-state index contributed by atoms with van der Waals surface area (Å²) < 4.78 is 16.0. The molecule has 0 aliphatic carbocycles. The zero-order chi connectivity index (χ0) is 21.3. The second-order valence-corrected chi connectivity index (χ2v) is 11.6. The molecule has 0 fully saturated rings. The number of hydrogen-bond donors (Lipinski definition) is 4. The Bertz CT molecular complexity index is 303. The molecule has 9 heteroatoms. The Morgan fingerprint density at radius 1 is 0.643 bits per heavy atom. The molecule has 0 aliphatic heterocycles. The zero-order valence-corrected chi connectivity index (χ0v) is 20.2. The van der Waals surface area contributed by atoms with Crippen LogP contribution in [0.2, 0.25) is 0 Å². The summed E-state index contributed by atoms with van der Waals surface area (Å²) in [5, 5.41) is 8.52. The molecule has 0 saturated carbocycles. The highest BCUT2D eigenvalue weighted by Gasteiger charge is 1.94. The van der Waals surface area contributed by atoms with Crippen LogP contribution in [0.1, 0.15) is 77.6 Å². The van der Waals surface area contributed by atoms with Gasteiger partial charge in [-0.2, -0.15) is 0 Å². The molecule has 0 aromatic carbocycles. The maximum Gasteiger partial charge on any atom is 0.239 e. The summed E-state index contributed by atoms with van der Waals surface area (Å²) in [6.45, 7) is 5.98. The first-order chi connectivity index (χ1) is 13.4. The minimum Gasteiger partial charge on any atom is -0.394 e. The van der Waals surface area contributed by atoms with E-state index in [0.29, 0.717) is 33.0 Å². The monoisotopic (exact) mass is 462 g/mol. The van der Waals surface area contributed by atoms with Crippen molar-refractivity contribution in [2.24, 2.45) is 0 Å². The molecule has 172 valence electrons. The minimum absolute atomic E-state index is 0.0715. The summed E-state index contributed by atoms with van der Waals surface area (Å²) in [4.78, 5) is 15.7. The lowest BCUT2D eigenvalue weighted by atomic mass is 10.1. The number of hydrogen-bond acceptors (Lipinski definition) is 5. The van der Waals surface area contributed by atoms with Gasteiger partial charge in [0.15, 0.2) is 0 Å². The molecule has 6 nitrogen and oxygen atoms in total. The van der Waals surface area contributed by atoms with E-state index in [9.17, 15) is 0 Å². The van der Waals surface area contributed by atoms with Crippen LogP contribution in [0.25, 0.3) is 0 Å². The topological polar surface area (TPSA) is 88.4 Å². The Labute approximate surface area is 182 Å². The first kappa shape index (κ1) is 30.9. The van der Waals surface area contributed by atoms with Crippen molar-refractivity contribution in [3.05, 3.63) is 0 Å². The molecule has 0 bridgehead atoms. The van der Waals surface area contributed by atoms with Gasteiger partial charge in [0.25, 0.3) is 0 Å². The zero-order valence-electron chi connectivity index (χ0n) is 17.6. The third kappa shape index (κ3) is 41.2. The highest BCUT2D eigenvalue weighted by molar-refractivity contribution is 8.59. The molecule has 0 rings (SSSR count). The normalized spacial score (nSPS) is 11.3. The van der Waals surface area contributed by atoms with Gasteiger partial charge in [-0.15, -0.1) is 0 Å². The summed E-state index contributed by atoms with van der Waals surface area (Å²) in [5.41, 5.74) is -3.11. The quantitative estimate of drug-likeness (QED) is 0.121. The average molecular weight is 463 g/mol. The van der Waals surface area contributed by atoms with E-state index in [1.165, 1.54) is 64.2 Å². The van der Waals surface area contributed by atoms with Gasteiger partial charge >= 0.3 is 0 Å². The number of thiol groups is 1.